The zero-order chi connectivity index (χ0) is 13.4. The van der Waals surface area contributed by atoms with Gasteiger partial charge in [0.25, 0.3) is 0 Å². The van der Waals surface area contributed by atoms with Crippen LogP contribution in [0.5, 0.6) is 0 Å². The summed E-state index contributed by atoms with van der Waals surface area (Å²) >= 11 is 3.62. The highest BCUT2D eigenvalue weighted by Crippen LogP contribution is 2.32. The van der Waals surface area contributed by atoms with E-state index in [1.54, 1.807) is 0 Å². The fourth-order valence-corrected chi connectivity index (χ4v) is 3.74. The van der Waals surface area contributed by atoms with Crippen molar-refractivity contribution < 1.29 is 0 Å². The van der Waals surface area contributed by atoms with E-state index in [-0.39, 0.29) is 0 Å². The molecule has 1 aromatic carbocycles. The predicted molar refractivity (Wildman–Crippen MR) is 84.8 cm³/mol. The minimum absolute atomic E-state index is 0.644. The van der Waals surface area contributed by atoms with Gasteiger partial charge in [-0.25, -0.2) is 0 Å². The molecule has 2 N–H and O–H groups in total. The predicted octanol–water partition coefficient (Wildman–Crippen LogP) is 4.10. The van der Waals surface area contributed by atoms with Crippen LogP contribution in [0.25, 0.3) is 10.9 Å². The summed E-state index contributed by atoms with van der Waals surface area (Å²) in [5, 5.41) is 5.08. The maximum atomic E-state index is 3.67. The summed E-state index contributed by atoms with van der Waals surface area (Å²) in [6.45, 7) is 5.54. The monoisotopic (exact) mass is 320 g/mol. The van der Waals surface area contributed by atoms with Crippen molar-refractivity contribution in [2.75, 3.05) is 6.54 Å². The summed E-state index contributed by atoms with van der Waals surface area (Å²) in [6.07, 6.45) is 4.79. The summed E-state index contributed by atoms with van der Waals surface area (Å²) < 4.78 is 1.18. The second-order valence-electron chi connectivity index (χ2n) is 5.62. The van der Waals surface area contributed by atoms with Gasteiger partial charge in [-0.05, 0) is 62.4 Å². The van der Waals surface area contributed by atoms with Crippen LogP contribution in [-0.4, -0.2) is 17.6 Å². The van der Waals surface area contributed by atoms with Crippen molar-refractivity contribution in [1.29, 1.82) is 0 Å². The Balaban J connectivity index is 1.98. The van der Waals surface area contributed by atoms with Gasteiger partial charge in [0.1, 0.15) is 0 Å². The molecule has 1 aliphatic rings. The smallest absolute Gasteiger partial charge is 0.0489 e. The number of aromatic amines is 1. The van der Waals surface area contributed by atoms with Crippen molar-refractivity contribution in [3.8, 4) is 0 Å². The maximum Gasteiger partial charge on any atom is 0.0489 e. The maximum absolute atomic E-state index is 3.67. The molecule has 1 atom stereocenters. The van der Waals surface area contributed by atoms with Crippen LogP contribution < -0.4 is 5.32 Å². The molecule has 0 spiro atoms. The van der Waals surface area contributed by atoms with Crippen LogP contribution in [0.3, 0.4) is 0 Å². The highest BCUT2D eigenvalue weighted by Gasteiger charge is 2.22. The van der Waals surface area contributed by atoms with Crippen molar-refractivity contribution in [2.24, 2.45) is 0 Å². The summed E-state index contributed by atoms with van der Waals surface area (Å²) in [6, 6.07) is 5.10. The average Bonchev–Trinajstić information content (AvgIpc) is 2.75. The Bertz CT molecular complexity index is 600. The molecule has 0 aliphatic heterocycles. The molecule has 0 radical (unpaired) electrons. The molecule has 19 heavy (non-hydrogen) atoms. The molecule has 0 fully saturated rings. The molecule has 0 amide bonds. The van der Waals surface area contributed by atoms with Crippen molar-refractivity contribution in [2.45, 2.75) is 45.6 Å². The molecule has 1 aliphatic carbocycles. The molecule has 0 saturated carbocycles. The molecule has 2 aromatic rings. The highest BCUT2D eigenvalue weighted by atomic mass is 79.9. The van der Waals surface area contributed by atoms with Crippen LogP contribution in [0.4, 0.5) is 0 Å². The molecular weight excluding hydrogens is 300 g/mol. The van der Waals surface area contributed by atoms with Crippen LogP contribution in [0.15, 0.2) is 16.6 Å². The van der Waals surface area contributed by atoms with Gasteiger partial charge in [-0.1, -0.05) is 22.9 Å². The van der Waals surface area contributed by atoms with E-state index in [0.717, 1.165) is 13.0 Å². The van der Waals surface area contributed by atoms with E-state index in [2.05, 4.69) is 52.2 Å². The average molecular weight is 321 g/mol. The number of benzene rings is 1. The number of fused-ring (bicyclic) bond motifs is 3. The number of nitrogens with one attached hydrogen (secondary N) is 2. The fraction of sp³-hybridized carbons (Fsp3) is 0.500. The molecule has 2 nitrogen and oxygen atoms in total. The fourth-order valence-electron chi connectivity index (χ4n) is 3.17. The first-order valence-electron chi connectivity index (χ1n) is 7.22. The van der Waals surface area contributed by atoms with Gasteiger partial charge in [0, 0.05) is 27.1 Å². The standard InChI is InChI=1S/C16H21BrN2/c1-3-6-18-12-4-5-15-13(9-12)14-8-11(17)7-10(2)16(14)19-15/h7-8,12,18-19H,3-6,9H2,1-2H3. The molecule has 102 valence electrons. The van der Waals surface area contributed by atoms with Gasteiger partial charge in [0.2, 0.25) is 0 Å². The molecule has 3 heteroatoms. The Morgan fingerprint density at radius 1 is 1.42 bits per heavy atom. The highest BCUT2D eigenvalue weighted by molar-refractivity contribution is 9.10. The van der Waals surface area contributed by atoms with Crippen LogP contribution in [0.2, 0.25) is 0 Å². The molecule has 0 bridgehead atoms. The van der Waals surface area contributed by atoms with E-state index >= 15 is 0 Å². The van der Waals surface area contributed by atoms with Crippen LogP contribution in [0, 0.1) is 6.92 Å². The number of hydrogen-bond donors (Lipinski definition) is 2. The van der Waals surface area contributed by atoms with Crippen molar-refractivity contribution in [3.63, 3.8) is 0 Å². The van der Waals surface area contributed by atoms with Gasteiger partial charge in [-0.15, -0.1) is 0 Å². The molecule has 0 saturated heterocycles. The largest absolute Gasteiger partial charge is 0.358 e. The lowest BCUT2D eigenvalue weighted by Crippen LogP contribution is -2.34. The second-order valence-corrected chi connectivity index (χ2v) is 6.54. The molecule has 3 rings (SSSR count). The lowest BCUT2D eigenvalue weighted by Gasteiger charge is -2.23. The third-order valence-electron chi connectivity index (χ3n) is 4.14. The second kappa shape index (κ2) is 5.29. The summed E-state index contributed by atoms with van der Waals surface area (Å²) in [5.41, 5.74) is 5.63. The Kier molecular flexibility index (Phi) is 3.68. The number of hydrogen-bond acceptors (Lipinski definition) is 1. The third-order valence-corrected chi connectivity index (χ3v) is 4.60. The van der Waals surface area contributed by atoms with E-state index in [4.69, 9.17) is 0 Å². The Labute approximate surface area is 123 Å². The molecule has 1 heterocycles. The first-order chi connectivity index (χ1) is 9.19. The Hall–Kier alpha value is -0.800. The lowest BCUT2D eigenvalue weighted by molar-refractivity contribution is 0.458. The minimum Gasteiger partial charge on any atom is -0.358 e. The molecule has 1 unspecified atom stereocenters. The minimum atomic E-state index is 0.644. The van der Waals surface area contributed by atoms with E-state index < -0.39 is 0 Å². The van der Waals surface area contributed by atoms with Gasteiger partial charge >= 0.3 is 0 Å². The zero-order valence-electron chi connectivity index (χ0n) is 11.6. The zero-order valence-corrected chi connectivity index (χ0v) is 13.2. The first kappa shape index (κ1) is 13.2. The number of aromatic nitrogens is 1. The van der Waals surface area contributed by atoms with Crippen LogP contribution in [-0.2, 0) is 12.8 Å². The quantitative estimate of drug-likeness (QED) is 0.875. The van der Waals surface area contributed by atoms with Crippen molar-refractivity contribution in [1.82, 2.24) is 10.3 Å². The van der Waals surface area contributed by atoms with Crippen molar-refractivity contribution in [3.05, 3.63) is 33.4 Å². The Morgan fingerprint density at radius 2 is 2.26 bits per heavy atom. The number of halogens is 1. The van der Waals surface area contributed by atoms with Gasteiger partial charge in [0.15, 0.2) is 0 Å². The summed E-state index contributed by atoms with van der Waals surface area (Å²) in [7, 11) is 0. The first-order valence-corrected chi connectivity index (χ1v) is 8.01. The van der Waals surface area contributed by atoms with Gasteiger partial charge in [-0.2, -0.15) is 0 Å². The van der Waals surface area contributed by atoms with Crippen LogP contribution >= 0.6 is 15.9 Å². The van der Waals surface area contributed by atoms with Crippen LogP contribution in [0.1, 0.15) is 36.6 Å². The molecule has 1 aromatic heterocycles. The van der Waals surface area contributed by atoms with Gasteiger partial charge in [0.05, 0.1) is 0 Å². The normalized spacial score (nSPS) is 18.8. The van der Waals surface area contributed by atoms with E-state index in [1.807, 2.05) is 0 Å². The van der Waals surface area contributed by atoms with Gasteiger partial charge in [-0.3, -0.25) is 0 Å². The lowest BCUT2D eigenvalue weighted by atomic mass is 9.91. The van der Waals surface area contributed by atoms with E-state index in [9.17, 15) is 0 Å². The third kappa shape index (κ3) is 2.46. The topological polar surface area (TPSA) is 27.8 Å². The summed E-state index contributed by atoms with van der Waals surface area (Å²) in [5.74, 6) is 0. The Morgan fingerprint density at radius 3 is 3.05 bits per heavy atom. The van der Waals surface area contributed by atoms with Crippen molar-refractivity contribution >= 4 is 26.8 Å². The molecular formula is C16H21BrN2. The van der Waals surface area contributed by atoms with E-state index in [0.29, 0.717) is 6.04 Å². The number of H-pyrrole nitrogens is 1. The summed E-state index contributed by atoms with van der Waals surface area (Å²) in [4.78, 5) is 3.64. The van der Waals surface area contributed by atoms with Gasteiger partial charge < -0.3 is 10.3 Å². The van der Waals surface area contributed by atoms with E-state index in [1.165, 1.54) is 51.5 Å². The number of rotatable bonds is 3. The SMILES string of the molecule is CCCNC1CCc2[nH]c3c(C)cc(Br)cc3c2C1. The number of aryl methyl sites for hydroxylation is 2.